The van der Waals surface area contributed by atoms with E-state index in [1.807, 2.05) is 22.6 Å². The maximum atomic E-state index is 13.8. The highest BCUT2D eigenvalue weighted by Crippen LogP contribution is 2.39. The molecular formula is C8H4FIN2O. The number of allylic oxidation sites excluding steroid dienone is 4. The van der Waals surface area contributed by atoms with Gasteiger partial charge in [0, 0.05) is 9.15 Å². The molecule has 0 saturated carbocycles. The number of alkyl halides is 1. The molecule has 2 aliphatic rings. The van der Waals surface area contributed by atoms with Gasteiger partial charge in [-0.15, -0.1) is 0 Å². The zero-order valence-electron chi connectivity index (χ0n) is 6.37. The summed E-state index contributed by atoms with van der Waals surface area (Å²) in [5, 5.41) is 7.27. The lowest BCUT2D eigenvalue weighted by molar-refractivity contribution is -0.113. The van der Waals surface area contributed by atoms with E-state index in [9.17, 15) is 9.18 Å². The van der Waals surface area contributed by atoms with Crippen molar-refractivity contribution in [1.29, 1.82) is 0 Å². The Balaban J connectivity index is 2.56. The van der Waals surface area contributed by atoms with Crippen LogP contribution in [0.4, 0.5) is 4.39 Å². The molecule has 1 atom stereocenters. The number of carbonyl (C=O) groups is 1. The number of nitrogens with zero attached hydrogens (tertiary/aromatic N) is 2. The molecule has 1 heterocycles. The third kappa shape index (κ3) is 1.27. The Morgan fingerprint density at radius 3 is 3.08 bits per heavy atom. The number of aldehydes is 1. The van der Waals surface area contributed by atoms with Gasteiger partial charge in [0.2, 0.25) is 5.67 Å². The summed E-state index contributed by atoms with van der Waals surface area (Å²) in [5.74, 6) is 0. The maximum absolute atomic E-state index is 13.8. The number of hydrogen-bond acceptors (Lipinski definition) is 3. The maximum Gasteiger partial charge on any atom is 0.213 e. The molecule has 0 saturated heterocycles. The first-order valence-electron chi connectivity index (χ1n) is 3.53. The SMILES string of the molecule is O=CC1(F)C=C(I)C=C2N=NC=C21. The van der Waals surface area contributed by atoms with E-state index in [1.165, 1.54) is 12.3 Å². The zero-order valence-corrected chi connectivity index (χ0v) is 8.53. The van der Waals surface area contributed by atoms with Crippen molar-refractivity contribution in [3.63, 3.8) is 0 Å². The molecular weight excluding hydrogens is 286 g/mol. The van der Waals surface area contributed by atoms with Crippen LogP contribution >= 0.6 is 22.6 Å². The van der Waals surface area contributed by atoms with Gasteiger partial charge in [0.15, 0.2) is 6.29 Å². The van der Waals surface area contributed by atoms with Crippen LogP contribution in [0.2, 0.25) is 0 Å². The van der Waals surface area contributed by atoms with Crippen molar-refractivity contribution in [2.24, 2.45) is 10.2 Å². The van der Waals surface area contributed by atoms with Gasteiger partial charge in [0.05, 0.1) is 11.9 Å². The largest absolute Gasteiger partial charge is 0.299 e. The van der Waals surface area contributed by atoms with Gasteiger partial charge in [-0.3, -0.25) is 4.79 Å². The Bertz CT molecular complexity index is 397. The van der Waals surface area contributed by atoms with Crippen LogP contribution in [0.5, 0.6) is 0 Å². The minimum Gasteiger partial charge on any atom is -0.299 e. The molecule has 2 rings (SSSR count). The second-order valence-corrected chi connectivity index (χ2v) is 3.95. The molecule has 0 aromatic rings. The molecule has 0 N–H and O–H groups in total. The number of hydrogen-bond donors (Lipinski definition) is 0. The predicted octanol–water partition coefficient (Wildman–Crippen LogP) is 2.46. The van der Waals surface area contributed by atoms with E-state index in [2.05, 4.69) is 10.2 Å². The fourth-order valence-electron chi connectivity index (χ4n) is 1.22. The topological polar surface area (TPSA) is 41.8 Å². The summed E-state index contributed by atoms with van der Waals surface area (Å²) in [7, 11) is 0. The highest BCUT2D eigenvalue weighted by molar-refractivity contribution is 14.1. The summed E-state index contributed by atoms with van der Waals surface area (Å²) in [4.78, 5) is 10.6. The first-order chi connectivity index (χ1) is 6.15. The summed E-state index contributed by atoms with van der Waals surface area (Å²) in [6, 6.07) is 0. The van der Waals surface area contributed by atoms with Crippen LogP contribution in [0, 0.1) is 0 Å². The van der Waals surface area contributed by atoms with Crippen molar-refractivity contribution in [1.82, 2.24) is 0 Å². The minimum atomic E-state index is -2.05. The fourth-order valence-corrected chi connectivity index (χ4v) is 1.97. The Morgan fingerprint density at radius 2 is 2.38 bits per heavy atom. The van der Waals surface area contributed by atoms with Crippen molar-refractivity contribution < 1.29 is 9.18 Å². The van der Waals surface area contributed by atoms with Crippen LogP contribution < -0.4 is 0 Å². The molecule has 0 spiro atoms. The lowest BCUT2D eigenvalue weighted by Crippen LogP contribution is -2.27. The van der Waals surface area contributed by atoms with E-state index in [4.69, 9.17) is 0 Å². The van der Waals surface area contributed by atoms with E-state index in [1.54, 1.807) is 6.08 Å². The summed E-state index contributed by atoms with van der Waals surface area (Å²) in [5.41, 5.74) is -1.39. The first kappa shape index (κ1) is 8.74. The Kier molecular flexibility index (Phi) is 1.90. The molecule has 0 aromatic heterocycles. The molecule has 1 unspecified atom stereocenters. The Labute approximate surface area is 87.2 Å². The minimum absolute atomic E-state index is 0.225. The van der Waals surface area contributed by atoms with Gasteiger partial charge >= 0.3 is 0 Å². The summed E-state index contributed by atoms with van der Waals surface area (Å²) >= 11 is 1.94. The molecule has 0 fully saturated rings. The summed E-state index contributed by atoms with van der Waals surface area (Å²) in [6.45, 7) is 0. The average molecular weight is 290 g/mol. The van der Waals surface area contributed by atoms with E-state index < -0.39 is 5.67 Å². The summed E-state index contributed by atoms with van der Waals surface area (Å²) in [6.07, 6.45) is 4.48. The molecule has 0 radical (unpaired) electrons. The standard InChI is InChI=1S/C8H4FIN2O/c9-8(4-13)2-5(10)1-7-6(8)3-11-12-7/h1-4H. The van der Waals surface area contributed by atoms with Gasteiger partial charge < -0.3 is 0 Å². The van der Waals surface area contributed by atoms with Crippen molar-refractivity contribution in [2.45, 2.75) is 5.67 Å². The third-order valence-corrected chi connectivity index (χ3v) is 2.46. The lowest BCUT2D eigenvalue weighted by atomic mass is 9.91. The highest BCUT2D eigenvalue weighted by Gasteiger charge is 2.38. The molecule has 0 bridgehead atoms. The molecule has 66 valence electrons. The van der Waals surface area contributed by atoms with E-state index in [0.29, 0.717) is 9.28 Å². The number of azo groups is 1. The summed E-state index contributed by atoms with van der Waals surface area (Å²) < 4.78 is 14.5. The molecule has 0 amide bonds. The highest BCUT2D eigenvalue weighted by atomic mass is 127. The van der Waals surface area contributed by atoms with Crippen LogP contribution in [0.1, 0.15) is 0 Å². The van der Waals surface area contributed by atoms with E-state index in [-0.39, 0.29) is 11.9 Å². The van der Waals surface area contributed by atoms with Crippen LogP contribution in [0.3, 0.4) is 0 Å². The monoisotopic (exact) mass is 290 g/mol. The fraction of sp³-hybridized carbons (Fsp3) is 0.125. The quantitative estimate of drug-likeness (QED) is 0.540. The molecule has 5 heteroatoms. The van der Waals surface area contributed by atoms with E-state index >= 15 is 0 Å². The number of rotatable bonds is 1. The Morgan fingerprint density at radius 1 is 1.62 bits per heavy atom. The first-order valence-corrected chi connectivity index (χ1v) is 4.61. The smallest absolute Gasteiger partial charge is 0.213 e. The van der Waals surface area contributed by atoms with Crippen LogP contribution in [0.15, 0.2) is 43.4 Å². The number of fused-ring (bicyclic) bond motifs is 1. The van der Waals surface area contributed by atoms with Gasteiger partial charge in [0.25, 0.3) is 0 Å². The van der Waals surface area contributed by atoms with Gasteiger partial charge in [-0.2, -0.15) is 10.2 Å². The van der Waals surface area contributed by atoms with Gasteiger partial charge in [-0.05, 0) is 34.7 Å². The average Bonchev–Trinajstić information content (AvgIpc) is 2.52. The molecule has 0 aromatic carbocycles. The zero-order chi connectivity index (χ0) is 9.47. The normalized spacial score (nSPS) is 30.5. The van der Waals surface area contributed by atoms with Crippen molar-refractivity contribution >= 4 is 28.9 Å². The molecule has 1 aliphatic heterocycles. The second-order valence-electron chi connectivity index (χ2n) is 2.70. The van der Waals surface area contributed by atoms with E-state index in [0.717, 1.165) is 0 Å². The van der Waals surface area contributed by atoms with Gasteiger partial charge in [-0.25, -0.2) is 4.39 Å². The number of carbonyl (C=O) groups excluding carboxylic acids is 1. The van der Waals surface area contributed by atoms with Crippen LogP contribution in [0.25, 0.3) is 0 Å². The van der Waals surface area contributed by atoms with Crippen LogP contribution in [-0.2, 0) is 4.79 Å². The lowest BCUT2D eigenvalue weighted by Gasteiger charge is -2.19. The predicted molar refractivity (Wildman–Crippen MR) is 53.0 cm³/mol. The molecule has 1 aliphatic carbocycles. The van der Waals surface area contributed by atoms with Crippen LogP contribution in [-0.4, -0.2) is 12.0 Å². The number of halogens is 2. The van der Waals surface area contributed by atoms with Gasteiger partial charge in [-0.1, -0.05) is 0 Å². The van der Waals surface area contributed by atoms with Crippen molar-refractivity contribution in [3.05, 3.63) is 33.2 Å². The van der Waals surface area contributed by atoms with Gasteiger partial charge in [0.1, 0.15) is 0 Å². The second kappa shape index (κ2) is 2.83. The molecule has 13 heavy (non-hydrogen) atoms. The van der Waals surface area contributed by atoms with Crippen molar-refractivity contribution in [3.8, 4) is 0 Å². The molecule has 3 nitrogen and oxygen atoms in total. The third-order valence-electron chi connectivity index (χ3n) is 1.84. The van der Waals surface area contributed by atoms with Crippen molar-refractivity contribution in [2.75, 3.05) is 0 Å². The Hall–Kier alpha value is -0.850.